The van der Waals surface area contributed by atoms with Gasteiger partial charge in [-0.05, 0) is 60.2 Å². The van der Waals surface area contributed by atoms with E-state index < -0.39 is 17.7 Å². The first-order valence-electron chi connectivity index (χ1n) is 13.0. The molecule has 2 aliphatic rings. The molecule has 0 aliphatic carbocycles. The van der Waals surface area contributed by atoms with Crippen LogP contribution in [0.5, 0.6) is 11.5 Å². The lowest BCUT2D eigenvalue weighted by atomic mass is 9.97. The van der Waals surface area contributed by atoms with Gasteiger partial charge in [-0.3, -0.25) is 19.5 Å². The van der Waals surface area contributed by atoms with Crippen LogP contribution >= 0.6 is 0 Å². The number of hydrogen-bond donors (Lipinski definition) is 1. The number of aromatic nitrogens is 1. The van der Waals surface area contributed by atoms with Gasteiger partial charge in [0.2, 0.25) is 0 Å². The normalized spacial score (nSPS) is 17.9. The fraction of sp³-hybridized carbons (Fsp3) is 0.156. The molecule has 1 N–H and O–H groups in total. The number of likely N-dealkylation sites (N-methyl/N-ethyl adjacent to an activating group) is 1. The van der Waals surface area contributed by atoms with E-state index in [1.54, 1.807) is 66.9 Å². The first-order chi connectivity index (χ1) is 19.5. The van der Waals surface area contributed by atoms with Crippen LogP contribution < -0.4 is 19.3 Å². The zero-order chi connectivity index (χ0) is 27.6. The van der Waals surface area contributed by atoms with E-state index in [9.17, 15) is 14.7 Å². The van der Waals surface area contributed by atoms with Crippen LogP contribution in [0.15, 0.2) is 103 Å². The second-order valence-corrected chi connectivity index (χ2v) is 9.64. The van der Waals surface area contributed by atoms with E-state index in [0.717, 1.165) is 11.3 Å². The van der Waals surface area contributed by atoms with E-state index in [2.05, 4.69) is 4.98 Å². The molecule has 8 nitrogen and oxygen atoms in total. The highest BCUT2D eigenvalue weighted by Crippen LogP contribution is 2.43. The molecule has 40 heavy (non-hydrogen) atoms. The molecule has 3 aromatic carbocycles. The zero-order valence-corrected chi connectivity index (χ0v) is 21.9. The minimum absolute atomic E-state index is 0.0209. The maximum absolute atomic E-state index is 13.5. The third-order valence-corrected chi connectivity index (χ3v) is 7.10. The maximum Gasteiger partial charge on any atom is 0.300 e. The lowest BCUT2D eigenvalue weighted by Gasteiger charge is -2.28. The number of aliphatic hydroxyl groups is 1. The Hall–Kier alpha value is -5.11. The van der Waals surface area contributed by atoms with E-state index in [-0.39, 0.29) is 11.3 Å². The summed E-state index contributed by atoms with van der Waals surface area (Å²) in [4.78, 5) is 34.8. The van der Waals surface area contributed by atoms with E-state index in [0.29, 0.717) is 48.2 Å². The van der Waals surface area contributed by atoms with E-state index in [1.165, 1.54) is 4.90 Å². The number of benzene rings is 3. The van der Waals surface area contributed by atoms with Crippen molar-refractivity contribution < 1.29 is 24.2 Å². The Kier molecular flexibility index (Phi) is 6.66. The van der Waals surface area contributed by atoms with Gasteiger partial charge in [-0.1, -0.05) is 36.4 Å². The van der Waals surface area contributed by atoms with Crippen LogP contribution in [0.2, 0.25) is 0 Å². The summed E-state index contributed by atoms with van der Waals surface area (Å²) >= 11 is 0. The highest BCUT2D eigenvalue weighted by Gasteiger charge is 2.47. The Morgan fingerprint density at radius 2 is 1.77 bits per heavy atom. The largest absolute Gasteiger partial charge is 0.507 e. The molecule has 1 saturated heterocycles. The van der Waals surface area contributed by atoms with Crippen LogP contribution in [0.1, 0.15) is 22.9 Å². The third kappa shape index (κ3) is 4.64. The summed E-state index contributed by atoms with van der Waals surface area (Å²) in [7, 11) is 1.94. The number of rotatable bonds is 6. The molecule has 1 unspecified atom stereocenters. The molecule has 6 rings (SSSR count). The summed E-state index contributed by atoms with van der Waals surface area (Å²) in [6.45, 7) is 1.66. The number of anilines is 2. The van der Waals surface area contributed by atoms with Crippen molar-refractivity contribution in [3.05, 3.63) is 120 Å². The van der Waals surface area contributed by atoms with Crippen molar-refractivity contribution in [2.24, 2.45) is 0 Å². The number of fused-ring (bicyclic) bond motifs is 1. The Morgan fingerprint density at radius 3 is 2.52 bits per heavy atom. The number of ketones is 1. The number of Topliss-reactive ketones (excluding diaryl/α,β-unsaturated/α-hetero) is 1. The number of nitrogens with zero attached hydrogens (tertiary/aromatic N) is 3. The Bertz CT molecular complexity index is 1590. The van der Waals surface area contributed by atoms with E-state index in [1.807, 2.05) is 42.3 Å². The molecule has 200 valence electrons. The average Bonchev–Trinajstić information content (AvgIpc) is 3.27. The van der Waals surface area contributed by atoms with Gasteiger partial charge in [-0.25, -0.2) is 0 Å². The third-order valence-electron chi connectivity index (χ3n) is 7.10. The summed E-state index contributed by atoms with van der Waals surface area (Å²) in [6.07, 6.45) is 1.60. The van der Waals surface area contributed by atoms with Gasteiger partial charge in [0.05, 0.1) is 23.5 Å². The molecule has 4 aromatic rings. The van der Waals surface area contributed by atoms with Crippen LogP contribution in [-0.2, 0) is 16.2 Å². The molecule has 8 heteroatoms. The van der Waals surface area contributed by atoms with Crippen molar-refractivity contribution in [1.29, 1.82) is 0 Å². The van der Waals surface area contributed by atoms with Crippen LogP contribution in [0, 0.1) is 0 Å². The zero-order valence-electron chi connectivity index (χ0n) is 21.9. The molecule has 0 radical (unpaired) electrons. The van der Waals surface area contributed by atoms with Crippen LogP contribution in [0.3, 0.4) is 0 Å². The van der Waals surface area contributed by atoms with Crippen molar-refractivity contribution >= 4 is 28.8 Å². The predicted molar refractivity (Wildman–Crippen MR) is 151 cm³/mol. The molecule has 1 aromatic heterocycles. The summed E-state index contributed by atoms with van der Waals surface area (Å²) in [5, 5.41) is 11.5. The molecule has 0 bridgehead atoms. The van der Waals surface area contributed by atoms with Gasteiger partial charge in [0.25, 0.3) is 11.7 Å². The SMILES string of the molecule is CN1CCOc2ccc(/C(O)=C3/C(=O)C(=O)N(c4ccc(OCc5ccccc5)cc4)C3c3ccccn3)cc21. The number of carbonyl (C=O) groups excluding carboxylic acids is 2. The van der Waals surface area contributed by atoms with Crippen LogP contribution in [0.4, 0.5) is 11.4 Å². The standard InChI is InChI=1S/C32H27N3O5/c1-34-17-18-39-27-15-10-22(19-26(27)34)30(36)28-29(25-9-5-6-16-33-25)35(32(38)31(28)37)23-11-13-24(14-12-23)40-20-21-7-3-2-4-8-21/h2-16,19,29,36H,17-18,20H2,1H3/b30-28-. The number of carbonyl (C=O) groups is 2. The Labute approximate surface area is 231 Å². The maximum atomic E-state index is 13.5. The first-order valence-corrected chi connectivity index (χ1v) is 13.0. The fourth-order valence-corrected chi connectivity index (χ4v) is 5.01. The Balaban J connectivity index is 1.37. The number of hydrogen-bond acceptors (Lipinski definition) is 7. The lowest BCUT2D eigenvalue weighted by Crippen LogP contribution is -2.29. The minimum atomic E-state index is -0.915. The lowest BCUT2D eigenvalue weighted by molar-refractivity contribution is -0.132. The van der Waals surface area contributed by atoms with Gasteiger partial charge < -0.3 is 19.5 Å². The summed E-state index contributed by atoms with van der Waals surface area (Å²) in [6, 6.07) is 26.4. The van der Waals surface area contributed by atoms with Crippen molar-refractivity contribution in [2.45, 2.75) is 12.6 Å². The minimum Gasteiger partial charge on any atom is -0.507 e. The average molecular weight is 534 g/mol. The molecule has 1 atom stereocenters. The van der Waals surface area contributed by atoms with Gasteiger partial charge in [-0.2, -0.15) is 0 Å². The van der Waals surface area contributed by atoms with Gasteiger partial charge in [0.1, 0.15) is 36.5 Å². The van der Waals surface area contributed by atoms with E-state index >= 15 is 0 Å². The molecular weight excluding hydrogens is 506 g/mol. The molecule has 1 amide bonds. The van der Waals surface area contributed by atoms with Gasteiger partial charge in [-0.15, -0.1) is 0 Å². The smallest absolute Gasteiger partial charge is 0.300 e. The first kappa shape index (κ1) is 25.2. The second-order valence-electron chi connectivity index (χ2n) is 9.64. The number of pyridine rings is 1. The molecule has 2 aliphatic heterocycles. The molecule has 0 saturated carbocycles. The Morgan fingerprint density at radius 1 is 1.00 bits per heavy atom. The summed E-state index contributed by atoms with van der Waals surface area (Å²) in [5.41, 5.74) is 3.18. The number of ether oxygens (including phenoxy) is 2. The van der Waals surface area contributed by atoms with Crippen molar-refractivity contribution in [3.63, 3.8) is 0 Å². The van der Waals surface area contributed by atoms with Crippen LogP contribution in [-0.4, -0.2) is 42.0 Å². The van der Waals surface area contributed by atoms with Gasteiger partial charge in [0, 0.05) is 24.5 Å². The molecule has 1 fully saturated rings. The molecule has 0 spiro atoms. The van der Waals surface area contributed by atoms with Crippen molar-refractivity contribution in [2.75, 3.05) is 30.0 Å². The highest BCUT2D eigenvalue weighted by atomic mass is 16.5. The summed E-state index contributed by atoms with van der Waals surface area (Å²) < 4.78 is 11.6. The number of aliphatic hydroxyl groups excluding tert-OH is 1. The molecule has 3 heterocycles. The topological polar surface area (TPSA) is 92.2 Å². The van der Waals surface area contributed by atoms with Crippen molar-refractivity contribution in [3.8, 4) is 11.5 Å². The van der Waals surface area contributed by atoms with Gasteiger partial charge >= 0.3 is 0 Å². The molecular formula is C32H27N3O5. The van der Waals surface area contributed by atoms with Crippen molar-refractivity contribution in [1.82, 2.24) is 4.98 Å². The highest BCUT2D eigenvalue weighted by molar-refractivity contribution is 6.51. The fourth-order valence-electron chi connectivity index (χ4n) is 5.01. The van der Waals surface area contributed by atoms with E-state index in [4.69, 9.17) is 9.47 Å². The monoisotopic (exact) mass is 533 g/mol. The quantitative estimate of drug-likeness (QED) is 0.209. The van der Waals surface area contributed by atoms with Gasteiger partial charge in [0.15, 0.2) is 0 Å². The second kappa shape index (κ2) is 10.6. The predicted octanol–water partition coefficient (Wildman–Crippen LogP) is 5.12. The number of amides is 1. The summed E-state index contributed by atoms with van der Waals surface area (Å²) in [5.74, 6) is -0.463. The van der Waals surface area contributed by atoms with Crippen LogP contribution in [0.25, 0.3) is 5.76 Å².